The minimum Gasteiger partial charge on any atom is -0.373 e. The van der Waals surface area contributed by atoms with E-state index in [1.165, 1.54) is 6.92 Å². The maximum atomic E-state index is 12.0. The average molecular weight is 331 g/mol. The smallest absolute Gasteiger partial charge is 0.251 e. The van der Waals surface area contributed by atoms with Gasteiger partial charge in [0.15, 0.2) is 0 Å². The Morgan fingerprint density at radius 3 is 2.62 bits per heavy atom. The van der Waals surface area contributed by atoms with Crippen LogP contribution in [0.3, 0.4) is 0 Å². The molecule has 1 aromatic rings. The van der Waals surface area contributed by atoms with Crippen molar-refractivity contribution in [1.82, 2.24) is 10.2 Å². The Kier molecular flexibility index (Phi) is 5.45. The Hall–Kier alpha value is -1.30. The number of amides is 2. The van der Waals surface area contributed by atoms with Gasteiger partial charge in [-0.15, -0.1) is 0 Å². The molecule has 0 aromatic heterocycles. The summed E-state index contributed by atoms with van der Waals surface area (Å²) in [5.41, 5.74) is 0.395. The minimum atomic E-state index is -0.275. The maximum absolute atomic E-state index is 12.0. The van der Waals surface area contributed by atoms with Gasteiger partial charge in [0.2, 0.25) is 5.91 Å². The van der Waals surface area contributed by atoms with Gasteiger partial charge >= 0.3 is 0 Å². The fraction of sp³-hybridized carbons (Fsp3) is 0.429. The SMILES string of the molecule is CC(=O)N1CCOC(CNC(=O)c2cc(Cl)cc(Cl)c2)C1. The van der Waals surface area contributed by atoms with Crippen LogP contribution < -0.4 is 5.32 Å². The second kappa shape index (κ2) is 7.11. The summed E-state index contributed by atoms with van der Waals surface area (Å²) in [5, 5.41) is 3.58. The predicted molar refractivity (Wildman–Crippen MR) is 80.8 cm³/mol. The molecule has 21 heavy (non-hydrogen) atoms. The number of hydrogen-bond donors (Lipinski definition) is 1. The van der Waals surface area contributed by atoms with Crippen LogP contribution in [0.4, 0.5) is 0 Å². The molecule has 1 atom stereocenters. The minimum absolute atomic E-state index is 0.0104. The van der Waals surface area contributed by atoms with Crippen LogP contribution in [0.1, 0.15) is 17.3 Å². The Bertz CT molecular complexity index is 531. The van der Waals surface area contributed by atoms with Crippen molar-refractivity contribution in [3.05, 3.63) is 33.8 Å². The zero-order valence-electron chi connectivity index (χ0n) is 11.6. The van der Waals surface area contributed by atoms with Gasteiger partial charge in [-0.3, -0.25) is 9.59 Å². The predicted octanol–water partition coefficient (Wildman–Crippen LogP) is 1.97. The van der Waals surface area contributed by atoms with Crippen molar-refractivity contribution in [2.24, 2.45) is 0 Å². The van der Waals surface area contributed by atoms with Gasteiger partial charge in [0.05, 0.1) is 12.7 Å². The third-order valence-corrected chi connectivity index (χ3v) is 3.64. The van der Waals surface area contributed by atoms with E-state index >= 15 is 0 Å². The van der Waals surface area contributed by atoms with Gasteiger partial charge in [-0.2, -0.15) is 0 Å². The van der Waals surface area contributed by atoms with E-state index in [1.807, 2.05) is 0 Å². The standard InChI is InChI=1S/C14H16Cl2N2O3/c1-9(19)18-2-3-21-13(8-18)7-17-14(20)10-4-11(15)6-12(16)5-10/h4-6,13H,2-3,7-8H2,1H3,(H,17,20). The first kappa shape index (κ1) is 16.1. The Balaban J connectivity index is 1.90. The molecule has 1 fully saturated rings. The fourth-order valence-corrected chi connectivity index (χ4v) is 2.65. The number of ether oxygens (including phenoxy) is 1. The van der Waals surface area contributed by atoms with Crippen molar-refractivity contribution in [2.75, 3.05) is 26.2 Å². The highest BCUT2D eigenvalue weighted by atomic mass is 35.5. The second-order valence-corrected chi connectivity index (χ2v) is 5.70. The van der Waals surface area contributed by atoms with E-state index in [-0.39, 0.29) is 17.9 Å². The molecule has 0 bridgehead atoms. The molecule has 0 aliphatic carbocycles. The molecule has 0 radical (unpaired) electrons. The summed E-state index contributed by atoms with van der Waals surface area (Å²) >= 11 is 11.7. The number of morpholine rings is 1. The number of nitrogens with zero attached hydrogens (tertiary/aromatic N) is 1. The summed E-state index contributed by atoms with van der Waals surface area (Å²) < 4.78 is 5.53. The molecule has 1 aliphatic heterocycles. The molecule has 2 rings (SSSR count). The van der Waals surface area contributed by atoms with Crippen molar-refractivity contribution >= 4 is 35.0 Å². The first-order chi connectivity index (χ1) is 9.95. The van der Waals surface area contributed by atoms with Crippen LogP contribution in [0.25, 0.3) is 0 Å². The Morgan fingerprint density at radius 2 is 2.00 bits per heavy atom. The summed E-state index contributed by atoms with van der Waals surface area (Å²) in [7, 11) is 0. The Morgan fingerprint density at radius 1 is 1.33 bits per heavy atom. The normalized spacial score (nSPS) is 18.4. The highest BCUT2D eigenvalue weighted by Crippen LogP contribution is 2.19. The summed E-state index contributed by atoms with van der Waals surface area (Å²) in [5.74, 6) is -0.265. The van der Waals surface area contributed by atoms with Gasteiger partial charge in [-0.1, -0.05) is 23.2 Å². The van der Waals surface area contributed by atoms with E-state index in [9.17, 15) is 9.59 Å². The average Bonchev–Trinajstić information content (AvgIpc) is 2.44. The molecule has 1 saturated heterocycles. The largest absolute Gasteiger partial charge is 0.373 e. The van der Waals surface area contributed by atoms with E-state index in [0.717, 1.165) is 0 Å². The lowest BCUT2D eigenvalue weighted by molar-refractivity contribution is -0.136. The van der Waals surface area contributed by atoms with E-state index < -0.39 is 0 Å². The van der Waals surface area contributed by atoms with E-state index in [4.69, 9.17) is 27.9 Å². The number of rotatable bonds is 3. The van der Waals surface area contributed by atoms with Gasteiger partial charge in [-0.05, 0) is 18.2 Å². The topological polar surface area (TPSA) is 58.6 Å². The quantitative estimate of drug-likeness (QED) is 0.921. The fourth-order valence-electron chi connectivity index (χ4n) is 2.12. The summed E-state index contributed by atoms with van der Waals surface area (Å²) in [4.78, 5) is 25.1. The molecule has 0 spiro atoms. The summed E-state index contributed by atoms with van der Waals surface area (Å²) in [6.45, 7) is 3.39. The van der Waals surface area contributed by atoms with Crippen molar-refractivity contribution in [2.45, 2.75) is 13.0 Å². The summed E-state index contributed by atoms with van der Waals surface area (Å²) in [6.07, 6.45) is -0.207. The molecule has 0 saturated carbocycles. The van der Waals surface area contributed by atoms with E-state index in [1.54, 1.807) is 23.1 Å². The van der Waals surface area contributed by atoms with Crippen LogP contribution >= 0.6 is 23.2 Å². The number of carbonyl (C=O) groups excluding carboxylic acids is 2. The lowest BCUT2D eigenvalue weighted by Crippen LogP contribution is -2.49. The van der Waals surface area contributed by atoms with Crippen molar-refractivity contribution in [3.8, 4) is 0 Å². The zero-order chi connectivity index (χ0) is 15.4. The molecule has 1 heterocycles. The molecular weight excluding hydrogens is 315 g/mol. The molecule has 114 valence electrons. The number of carbonyl (C=O) groups is 2. The molecule has 1 N–H and O–H groups in total. The third kappa shape index (κ3) is 4.59. The Labute approximate surface area is 133 Å². The lowest BCUT2D eigenvalue weighted by Gasteiger charge is -2.32. The highest BCUT2D eigenvalue weighted by molar-refractivity contribution is 6.35. The van der Waals surface area contributed by atoms with Gasteiger partial charge < -0.3 is 15.0 Å². The second-order valence-electron chi connectivity index (χ2n) is 4.83. The van der Waals surface area contributed by atoms with Crippen LogP contribution in [-0.4, -0.2) is 49.1 Å². The third-order valence-electron chi connectivity index (χ3n) is 3.20. The summed E-state index contributed by atoms with van der Waals surface area (Å²) in [6, 6.07) is 4.66. The molecular formula is C14H16Cl2N2O3. The zero-order valence-corrected chi connectivity index (χ0v) is 13.1. The highest BCUT2D eigenvalue weighted by Gasteiger charge is 2.22. The maximum Gasteiger partial charge on any atom is 0.251 e. The number of halogens is 2. The molecule has 7 heteroatoms. The lowest BCUT2D eigenvalue weighted by atomic mass is 10.2. The molecule has 2 amide bonds. The number of benzene rings is 1. The van der Waals surface area contributed by atoms with Crippen LogP contribution in [0.15, 0.2) is 18.2 Å². The first-order valence-electron chi connectivity index (χ1n) is 6.57. The van der Waals surface area contributed by atoms with Gasteiger partial charge in [-0.25, -0.2) is 0 Å². The van der Waals surface area contributed by atoms with Gasteiger partial charge in [0.25, 0.3) is 5.91 Å². The first-order valence-corrected chi connectivity index (χ1v) is 7.32. The van der Waals surface area contributed by atoms with Gasteiger partial charge in [0, 0.05) is 42.2 Å². The molecule has 1 unspecified atom stereocenters. The van der Waals surface area contributed by atoms with Crippen molar-refractivity contribution in [1.29, 1.82) is 0 Å². The van der Waals surface area contributed by atoms with E-state index in [0.29, 0.717) is 41.8 Å². The monoisotopic (exact) mass is 330 g/mol. The molecule has 5 nitrogen and oxygen atoms in total. The van der Waals surface area contributed by atoms with Crippen molar-refractivity contribution < 1.29 is 14.3 Å². The molecule has 1 aromatic carbocycles. The van der Waals surface area contributed by atoms with Crippen molar-refractivity contribution in [3.63, 3.8) is 0 Å². The van der Waals surface area contributed by atoms with E-state index in [2.05, 4.69) is 5.32 Å². The number of nitrogens with one attached hydrogen (secondary N) is 1. The van der Waals surface area contributed by atoms with Crippen LogP contribution in [0, 0.1) is 0 Å². The molecule has 1 aliphatic rings. The van der Waals surface area contributed by atoms with Gasteiger partial charge in [0.1, 0.15) is 0 Å². The van der Waals surface area contributed by atoms with Crippen LogP contribution in [0.2, 0.25) is 10.0 Å². The van der Waals surface area contributed by atoms with Crippen LogP contribution in [0.5, 0.6) is 0 Å². The van der Waals surface area contributed by atoms with Crippen LogP contribution in [-0.2, 0) is 9.53 Å². The number of hydrogen-bond acceptors (Lipinski definition) is 3.